The fraction of sp³-hybridized carbons (Fsp3) is 0.353. The fourth-order valence-corrected chi connectivity index (χ4v) is 4.57. The molecular formula is C17H21N3O3S2. The van der Waals surface area contributed by atoms with Gasteiger partial charge in [0.25, 0.3) is 5.91 Å². The van der Waals surface area contributed by atoms with Crippen molar-refractivity contribution in [3.8, 4) is 0 Å². The molecule has 6 nitrogen and oxygen atoms in total. The number of likely N-dealkylation sites (tertiary alicyclic amines) is 1. The molecule has 134 valence electrons. The largest absolute Gasteiger partial charge is 0.338 e. The third-order valence-electron chi connectivity index (χ3n) is 4.33. The average molecular weight is 380 g/mol. The van der Waals surface area contributed by atoms with E-state index in [-0.39, 0.29) is 17.3 Å². The lowest BCUT2D eigenvalue weighted by Gasteiger charge is -2.16. The van der Waals surface area contributed by atoms with E-state index in [1.54, 1.807) is 17.0 Å². The molecule has 25 heavy (non-hydrogen) atoms. The Morgan fingerprint density at radius 2 is 2.04 bits per heavy atom. The molecule has 1 unspecified atom stereocenters. The highest BCUT2D eigenvalue weighted by Gasteiger charge is 2.26. The van der Waals surface area contributed by atoms with Gasteiger partial charge in [0.1, 0.15) is 0 Å². The summed E-state index contributed by atoms with van der Waals surface area (Å²) in [5.74, 6) is 0.275. The lowest BCUT2D eigenvalue weighted by molar-refractivity contribution is 0.0787. The van der Waals surface area contributed by atoms with Crippen molar-refractivity contribution in [1.82, 2.24) is 9.62 Å². The molecule has 0 bridgehead atoms. The van der Waals surface area contributed by atoms with Gasteiger partial charge in [0.15, 0.2) is 0 Å². The van der Waals surface area contributed by atoms with E-state index in [0.717, 1.165) is 11.3 Å². The van der Waals surface area contributed by atoms with Crippen molar-refractivity contribution in [1.29, 1.82) is 0 Å². The number of rotatable bonds is 6. The quantitative estimate of drug-likeness (QED) is 0.798. The number of carbonyl (C=O) groups excluding carboxylic acids is 1. The third-order valence-corrected chi connectivity index (χ3v) is 6.63. The third kappa shape index (κ3) is 4.27. The summed E-state index contributed by atoms with van der Waals surface area (Å²) >= 11 is 1.50. The summed E-state index contributed by atoms with van der Waals surface area (Å²) in [6, 6.07) is 9.83. The molecule has 1 fully saturated rings. The Bertz CT molecular complexity index is 817. The SMILES string of the molecule is NCC1CCN(C(=O)c2ccc(S(=O)(=O)NCc3cccs3)cc2)C1. The van der Waals surface area contributed by atoms with Crippen LogP contribution < -0.4 is 10.5 Å². The van der Waals surface area contributed by atoms with Gasteiger partial charge < -0.3 is 10.6 Å². The summed E-state index contributed by atoms with van der Waals surface area (Å²) in [4.78, 5) is 15.3. The standard InChI is InChI=1S/C17H21N3O3S2/c18-10-13-7-8-20(12-13)17(21)14-3-5-16(6-4-14)25(22,23)19-11-15-2-1-9-24-15/h1-6,9,13,19H,7-8,10-12,18H2. The summed E-state index contributed by atoms with van der Waals surface area (Å²) in [6.45, 7) is 2.20. The minimum Gasteiger partial charge on any atom is -0.338 e. The predicted molar refractivity (Wildman–Crippen MR) is 97.9 cm³/mol. The molecule has 2 heterocycles. The molecule has 0 spiro atoms. The number of amides is 1. The number of nitrogens with one attached hydrogen (secondary N) is 1. The first-order valence-electron chi connectivity index (χ1n) is 8.11. The van der Waals surface area contributed by atoms with Crippen LogP contribution in [0.25, 0.3) is 0 Å². The monoisotopic (exact) mass is 379 g/mol. The normalized spacial score (nSPS) is 17.8. The summed E-state index contributed by atoms with van der Waals surface area (Å²) in [5, 5.41) is 1.90. The van der Waals surface area contributed by atoms with Crippen molar-refractivity contribution >= 4 is 27.3 Å². The van der Waals surface area contributed by atoms with Crippen molar-refractivity contribution < 1.29 is 13.2 Å². The molecule has 1 saturated heterocycles. The number of hydrogen-bond acceptors (Lipinski definition) is 5. The van der Waals surface area contributed by atoms with E-state index >= 15 is 0 Å². The maximum atomic E-state index is 12.5. The van der Waals surface area contributed by atoms with Crippen LogP contribution in [-0.4, -0.2) is 38.9 Å². The van der Waals surface area contributed by atoms with E-state index in [9.17, 15) is 13.2 Å². The fourth-order valence-electron chi connectivity index (χ4n) is 2.83. The summed E-state index contributed by atoms with van der Waals surface area (Å²) in [5.41, 5.74) is 6.15. The minimum atomic E-state index is -3.60. The zero-order valence-electron chi connectivity index (χ0n) is 13.7. The van der Waals surface area contributed by atoms with Gasteiger partial charge >= 0.3 is 0 Å². The van der Waals surface area contributed by atoms with Crippen molar-refractivity contribution in [3.05, 3.63) is 52.2 Å². The number of sulfonamides is 1. The first-order chi connectivity index (χ1) is 12.0. The average Bonchev–Trinajstić information content (AvgIpc) is 3.31. The van der Waals surface area contributed by atoms with Crippen LogP contribution in [-0.2, 0) is 16.6 Å². The van der Waals surface area contributed by atoms with Crippen molar-refractivity contribution in [2.24, 2.45) is 11.7 Å². The van der Waals surface area contributed by atoms with Crippen LogP contribution in [0, 0.1) is 5.92 Å². The minimum absolute atomic E-state index is 0.0774. The summed E-state index contributed by atoms with van der Waals surface area (Å²) in [6.07, 6.45) is 0.918. The molecule has 1 aliphatic rings. The molecule has 2 aromatic rings. The second-order valence-electron chi connectivity index (χ2n) is 6.07. The molecule has 8 heteroatoms. The van der Waals surface area contributed by atoms with E-state index in [1.807, 2.05) is 17.5 Å². The molecular weight excluding hydrogens is 358 g/mol. The first-order valence-corrected chi connectivity index (χ1v) is 10.5. The lowest BCUT2D eigenvalue weighted by atomic mass is 10.1. The molecule has 0 saturated carbocycles. The van der Waals surface area contributed by atoms with E-state index < -0.39 is 10.0 Å². The Balaban J connectivity index is 1.66. The zero-order chi connectivity index (χ0) is 17.9. The number of nitrogens with two attached hydrogens (primary N) is 1. The van der Waals surface area contributed by atoms with Crippen LogP contribution in [0.2, 0.25) is 0 Å². The topological polar surface area (TPSA) is 92.5 Å². The maximum Gasteiger partial charge on any atom is 0.253 e. The highest BCUT2D eigenvalue weighted by Crippen LogP contribution is 2.19. The predicted octanol–water partition coefficient (Wildman–Crippen LogP) is 1.65. The van der Waals surface area contributed by atoms with Crippen molar-refractivity contribution in [2.75, 3.05) is 19.6 Å². The Kier molecular flexibility index (Phi) is 5.53. The van der Waals surface area contributed by atoms with Gasteiger partial charge in [-0.15, -0.1) is 11.3 Å². The molecule has 1 aliphatic heterocycles. The van der Waals surface area contributed by atoms with E-state index in [0.29, 0.717) is 31.1 Å². The second kappa shape index (κ2) is 7.65. The zero-order valence-corrected chi connectivity index (χ0v) is 15.4. The summed E-state index contributed by atoms with van der Waals surface area (Å²) < 4.78 is 27.2. The molecule has 1 aromatic heterocycles. The van der Waals surface area contributed by atoms with Crippen molar-refractivity contribution in [3.63, 3.8) is 0 Å². The Hall–Kier alpha value is -1.74. The number of thiophene rings is 1. The lowest BCUT2D eigenvalue weighted by Crippen LogP contribution is -2.30. The van der Waals surface area contributed by atoms with Gasteiger partial charge in [0, 0.05) is 30.1 Å². The van der Waals surface area contributed by atoms with Gasteiger partial charge in [-0.3, -0.25) is 4.79 Å². The Labute approximate surface area is 151 Å². The highest BCUT2D eigenvalue weighted by atomic mass is 32.2. The van der Waals surface area contributed by atoms with E-state index in [4.69, 9.17) is 5.73 Å². The second-order valence-corrected chi connectivity index (χ2v) is 8.87. The van der Waals surface area contributed by atoms with Gasteiger partial charge in [-0.2, -0.15) is 0 Å². The summed E-state index contributed by atoms with van der Waals surface area (Å²) in [7, 11) is -3.60. The Morgan fingerprint density at radius 1 is 1.28 bits per heavy atom. The molecule has 3 rings (SSSR count). The van der Waals surface area contributed by atoms with Gasteiger partial charge in [-0.1, -0.05) is 6.07 Å². The number of benzene rings is 1. The molecule has 1 atom stereocenters. The number of carbonyl (C=O) groups is 1. The van der Waals surface area contributed by atoms with Gasteiger partial charge in [-0.05, 0) is 54.6 Å². The maximum absolute atomic E-state index is 12.5. The van der Waals surface area contributed by atoms with Gasteiger partial charge in [0.2, 0.25) is 10.0 Å². The van der Waals surface area contributed by atoms with Gasteiger partial charge in [0.05, 0.1) is 4.90 Å². The molecule has 0 aliphatic carbocycles. The number of hydrogen-bond donors (Lipinski definition) is 2. The molecule has 1 amide bonds. The van der Waals surface area contributed by atoms with Crippen LogP contribution in [0.5, 0.6) is 0 Å². The number of nitrogens with zero attached hydrogens (tertiary/aromatic N) is 1. The van der Waals surface area contributed by atoms with Crippen LogP contribution >= 0.6 is 11.3 Å². The van der Waals surface area contributed by atoms with Crippen LogP contribution in [0.1, 0.15) is 21.7 Å². The van der Waals surface area contributed by atoms with Crippen molar-refractivity contribution in [2.45, 2.75) is 17.9 Å². The van der Waals surface area contributed by atoms with Crippen LogP contribution in [0.3, 0.4) is 0 Å². The van der Waals surface area contributed by atoms with E-state index in [1.165, 1.54) is 23.5 Å². The molecule has 0 radical (unpaired) electrons. The smallest absolute Gasteiger partial charge is 0.253 e. The molecule has 1 aromatic carbocycles. The van der Waals surface area contributed by atoms with E-state index in [2.05, 4.69) is 4.72 Å². The molecule has 3 N–H and O–H groups in total. The van der Waals surface area contributed by atoms with Gasteiger partial charge in [-0.25, -0.2) is 13.1 Å². The van der Waals surface area contributed by atoms with Crippen LogP contribution in [0.4, 0.5) is 0 Å². The Morgan fingerprint density at radius 3 is 2.64 bits per heavy atom. The first kappa shape index (κ1) is 18.1. The van der Waals surface area contributed by atoms with Crippen LogP contribution in [0.15, 0.2) is 46.7 Å². The highest BCUT2D eigenvalue weighted by molar-refractivity contribution is 7.89.